The second kappa shape index (κ2) is 10.6. The SMILES string of the molecule is C#Cc1cccc(C2OC(COC(C)=O)C(OC(C)=O)C(OC(C)=O)C2OC(C)=O)c1. The summed E-state index contributed by atoms with van der Waals surface area (Å²) in [5.41, 5.74) is 1.08. The highest BCUT2D eigenvalue weighted by Gasteiger charge is 2.52. The molecule has 166 valence electrons. The van der Waals surface area contributed by atoms with Gasteiger partial charge in [-0.1, -0.05) is 18.1 Å². The van der Waals surface area contributed by atoms with Crippen LogP contribution in [-0.2, 0) is 42.9 Å². The molecule has 9 nitrogen and oxygen atoms in total. The van der Waals surface area contributed by atoms with Crippen LogP contribution >= 0.6 is 0 Å². The maximum Gasteiger partial charge on any atom is 0.303 e. The third kappa shape index (κ3) is 6.55. The summed E-state index contributed by atoms with van der Waals surface area (Å²) in [4.78, 5) is 46.8. The summed E-state index contributed by atoms with van der Waals surface area (Å²) in [5.74, 6) is -0.118. The van der Waals surface area contributed by atoms with E-state index in [2.05, 4.69) is 5.92 Å². The van der Waals surface area contributed by atoms with Crippen molar-refractivity contribution < 1.29 is 42.9 Å². The standard InChI is InChI=1S/C22H24O9/c1-6-16-8-7-9-17(10-16)19-21(29-14(4)25)22(30-15(5)26)20(28-13(3)24)18(31-19)11-27-12(2)23/h1,7-10,18-22H,11H2,2-5H3. The van der Waals surface area contributed by atoms with Gasteiger partial charge in [0.05, 0.1) is 0 Å². The molecule has 1 saturated heterocycles. The van der Waals surface area contributed by atoms with Crippen LogP contribution in [0.1, 0.15) is 44.9 Å². The molecule has 1 aliphatic heterocycles. The van der Waals surface area contributed by atoms with E-state index in [4.69, 9.17) is 30.1 Å². The first-order valence-electron chi connectivity index (χ1n) is 9.49. The molecule has 1 aromatic carbocycles. The number of hydrogen-bond donors (Lipinski definition) is 0. The van der Waals surface area contributed by atoms with Crippen molar-refractivity contribution in [3.8, 4) is 12.3 Å². The van der Waals surface area contributed by atoms with E-state index in [0.29, 0.717) is 11.1 Å². The molecule has 9 heteroatoms. The third-order valence-electron chi connectivity index (χ3n) is 4.37. The number of carbonyl (C=O) groups is 4. The van der Waals surface area contributed by atoms with Gasteiger partial charge < -0.3 is 23.7 Å². The smallest absolute Gasteiger partial charge is 0.303 e. The van der Waals surface area contributed by atoms with Crippen LogP contribution in [0.4, 0.5) is 0 Å². The highest BCUT2D eigenvalue weighted by molar-refractivity contribution is 5.68. The van der Waals surface area contributed by atoms with Gasteiger partial charge in [0.1, 0.15) is 18.8 Å². The molecule has 5 unspecified atom stereocenters. The van der Waals surface area contributed by atoms with Gasteiger partial charge in [-0.3, -0.25) is 19.2 Å². The van der Waals surface area contributed by atoms with Crippen molar-refractivity contribution >= 4 is 23.9 Å². The van der Waals surface area contributed by atoms with Crippen LogP contribution in [0.25, 0.3) is 0 Å². The van der Waals surface area contributed by atoms with Gasteiger partial charge in [-0.25, -0.2) is 0 Å². The quantitative estimate of drug-likeness (QED) is 0.374. The lowest BCUT2D eigenvalue weighted by Gasteiger charge is -2.44. The molecule has 0 aliphatic carbocycles. The van der Waals surface area contributed by atoms with Crippen molar-refractivity contribution in [3.63, 3.8) is 0 Å². The molecule has 1 heterocycles. The average molecular weight is 432 g/mol. The van der Waals surface area contributed by atoms with E-state index in [-0.39, 0.29) is 6.61 Å². The number of benzene rings is 1. The van der Waals surface area contributed by atoms with Gasteiger partial charge in [0.2, 0.25) is 0 Å². The predicted octanol–water partition coefficient (Wildman–Crippen LogP) is 1.47. The Labute approximate surface area is 179 Å². The molecule has 0 N–H and O–H groups in total. The van der Waals surface area contributed by atoms with Crippen molar-refractivity contribution in [2.45, 2.75) is 58.2 Å². The second-order valence-electron chi connectivity index (χ2n) is 6.89. The van der Waals surface area contributed by atoms with Crippen LogP contribution in [0.3, 0.4) is 0 Å². The Kier molecular flexibility index (Phi) is 8.16. The first-order valence-corrected chi connectivity index (χ1v) is 9.49. The summed E-state index contributed by atoms with van der Waals surface area (Å²) in [6, 6.07) is 6.75. The minimum atomic E-state index is -1.22. The molecule has 1 aromatic rings. The second-order valence-corrected chi connectivity index (χ2v) is 6.89. The zero-order valence-corrected chi connectivity index (χ0v) is 17.7. The van der Waals surface area contributed by atoms with Gasteiger partial charge in [-0.2, -0.15) is 0 Å². The van der Waals surface area contributed by atoms with E-state index >= 15 is 0 Å². The lowest BCUT2D eigenvalue weighted by Crippen LogP contribution is -2.59. The predicted molar refractivity (Wildman–Crippen MR) is 105 cm³/mol. The van der Waals surface area contributed by atoms with E-state index in [1.165, 1.54) is 20.8 Å². The van der Waals surface area contributed by atoms with Gasteiger partial charge >= 0.3 is 23.9 Å². The fraction of sp³-hybridized carbons (Fsp3) is 0.455. The lowest BCUT2D eigenvalue weighted by atomic mass is 9.90. The first kappa shape index (κ1) is 23.9. The minimum Gasteiger partial charge on any atom is -0.463 e. The molecule has 31 heavy (non-hydrogen) atoms. The zero-order valence-electron chi connectivity index (χ0n) is 17.7. The van der Waals surface area contributed by atoms with Gasteiger partial charge in [0.15, 0.2) is 18.3 Å². The van der Waals surface area contributed by atoms with Gasteiger partial charge in [-0.05, 0) is 17.7 Å². The topological polar surface area (TPSA) is 114 Å². The van der Waals surface area contributed by atoms with E-state index in [9.17, 15) is 19.2 Å². The average Bonchev–Trinajstić information content (AvgIpc) is 2.68. The highest BCUT2D eigenvalue weighted by Crippen LogP contribution is 2.37. The number of esters is 4. The molecule has 1 fully saturated rings. The highest BCUT2D eigenvalue weighted by atomic mass is 16.7. The van der Waals surface area contributed by atoms with Crippen LogP contribution in [0, 0.1) is 12.3 Å². The number of ether oxygens (including phenoxy) is 5. The van der Waals surface area contributed by atoms with Crippen molar-refractivity contribution in [1.29, 1.82) is 0 Å². The molecule has 0 spiro atoms. The van der Waals surface area contributed by atoms with E-state index in [0.717, 1.165) is 6.92 Å². The Morgan fingerprint density at radius 1 is 0.903 bits per heavy atom. The zero-order chi connectivity index (χ0) is 23.1. The van der Waals surface area contributed by atoms with Crippen LogP contribution in [0.15, 0.2) is 24.3 Å². The summed E-state index contributed by atoms with van der Waals surface area (Å²) in [6.45, 7) is 4.44. The largest absolute Gasteiger partial charge is 0.463 e. The monoisotopic (exact) mass is 432 g/mol. The fourth-order valence-corrected chi connectivity index (χ4v) is 3.30. The van der Waals surface area contributed by atoms with Crippen LogP contribution in [-0.4, -0.2) is 54.9 Å². The molecule has 0 bridgehead atoms. The summed E-state index contributed by atoms with van der Waals surface area (Å²) in [7, 11) is 0. The van der Waals surface area contributed by atoms with Crippen molar-refractivity contribution in [2.75, 3.05) is 6.61 Å². The summed E-state index contributed by atoms with van der Waals surface area (Å²) >= 11 is 0. The maximum atomic E-state index is 11.8. The Bertz CT molecular complexity index is 885. The molecule has 2 rings (SSSR count). The summed E-state index contributed by atoms with van der Waals surface area (Å²) in [5, 5.41) is 0. The van der Waals surface area contributed by atoms with Crippen LogP contribution < -0.4 is 0 Å². The molecular weight excluding hydrogens is 408 g/mol. The summed E-state index contributed by atoms with van der Waals surface area (Å²) < 4.78 is 27.3. The van der Waals surface area contributed by atoms with E-state index in [1.807, 2.05) is 0 Å². The van der Waals surface area contributed by atoms with Crippen LogP contribution in [0.5, 0.6) is 0 Å². The molecule has 5 atom stereocenters. The van der Waals surface area contributed by atoms with Crippen molar-refractivity contribution in [3.05, 3.63) is 35.4 Å². The Morgan fingerprint density at radius 3 is 2.03 bits per heavy atom. The fourth-order valence-electron chi connectivity index (χ4n) is 3.30. The molecular formula is C22H24O9. The van der Waals surface area contributed by atoms with Gasteiger partial charge in [0.25, 0.3) is 0 Å². The molecule has 1 aliphatic rings. The molecule has 0 saturated carbocycles. The molecule has 0 aromatic heterocycles. The lowest BCUT2D eigenvalue weighted by molar-refractivity contribution is -0.254. The van der Waals surface area contributed by atoms with Crippen molar-refractivity contribution in [1.82, 2.24) is 0 Å². The Hall–Kier alpha value is -3.38. The normalized spacial score (nSPS) is 24.9. The number of terminal acetylenes is 1. The molecule has 0 radical (unpaired) electrons. The number of hydrogen-bond acceptors (Lipinski definition) is 9. The number of rotatable bonds is 6. The van der Waals surface area contributed by atoms with Gasteiger partial charge in [-0.15, -0.1) is 6.42 Å². The third-order valence-corrected chi connectivity index (χ3v) is 4.37. The van der Waals surface area contributed by atoms with Crippen molar-refractivity contribution in [2.24, 2.45) is 0 Å². The minimum absolute atomic E-state index is 0.289. The van der Waals surface area contributed by atoms with E-state index < -0.39 is 54.4 Å². The molecule has 0 amide bonds. The van der Waals surface area contributed by atoms with E-state index in [1.54, 1.807) is 24.3 Å². The van der Waals surface area contributed by atoms with Gasteiger partial charge in [0, 0.05) is 33.3 Å². The first-order chi connectivity index (χ1) is 14.6. The van der Waals surface area contributed by atoms with Crippen LogP contribution in [0.2, 0.25) is 0 Å². The Morgan fingerprint density at radius 2 is 1.48 bits per heavy atom. The Balaban J connectivity index is 2.56. The number of carbonyl (C=O) groups excluding carboxylic acids is 4. The summed E-state index contributed by atoms with van der Waals surface area (Å²) in [6.07, 6.45) is -0.0592. The maximum absolute atomic E-state index is 11.8.